The van der Waals surface area contributed by atoms with Gasteiger partial charge in [0.1, 0.15) is 11.9 Å². The number of aromatic nitrogens is 4. The van der Waals surface area contributed by atoms with Crippen LogP contribution < -0.4 is 5.56 Å². The fraction of sp³-hybridized carbons (Fsp3) is 0.778. The molecule has 2 aromatic rings. The van der Waals surface area contributed by atoms with Crippen LogP contribution in [0.2, 0.25) is 0 Å². The molecule has 188 valence electrons. The van der Waals surface area contributed by atoms with Gasteiger partial charge in [-0.3, -0.25) is 9.59 Å². The molecule has 2 aromatic heterocycles. The third-order valence-electron chi connectivity index (χ3n) is 7.94. The van der Waals surface area contributed by atoms with Crippen molar-refractivity contribution in [2.45, 2.75) is 128 Å². The number of rotatable bonds is 10. The van der Waals surface area contributed by atoms with Gasteiger partial charge in [-0.05, 0) is 39.0 Å². The summed E-state index contributed by atoms with van der Waals surface area (Å²) >= 11 is 0. The molecule has 0 bridgehead atoms. The van der Waals surface area contributed by atoms with E-state index in [2.05, 4.69) is 16.9 Å². The molecule has 0 amide bonds. The molecule has 7 heteroatoms. The van der Waals surface area contributed by atoms with E-state index in [9.17, 15) is 9.59 Å². The van der Waals surface area contributed by atoms with Crippen molar-refractivity contribution in [3.63, 3.8) is 0 Å². The fourth-order valence-corrected chi connectivity index (χ4v) is 5.83. The van der Waals surface area contributed by atoms with Crippen LogP contribution in [0.3, 0.4) is 0 Å². The predicted molar refractivity (Wildman–Crippen MR) is 134 cm³/mol. The van der Waals surface area contributed by atoms with Crippen molar-refractivity contribution in [1.29, 1.82) is 0 Å². The zero-order valence-corrected chi connectivity index (χ0v) is 21.1. The van der Waals surface area contributed by atoms with E-state index in [1.54, 1.807) is 6.33 Å². The number of H-pyrrole nitrogens is 1. The van der Waals surface area contributed by atoms with Crippen molar-refractivity contribution in [1.82, 2.24) is 19.5 Å². The number of hydrogen-bond donors (Lipinski definition) is 1. The normalized spacial score (nSPS) is 19.8. The maximum absolute atomic E-state index is 12.9. The number of ether oxygens (including phenoxy) is 1. The van der Waals surface area contributed by atoms with Crippen LogP contribution in [-0.4, -0.2) is 31.6 Å². The highest BCUT2D eigenvalue weighted by Gasteiger charge is 2.30. The Kier molecular flexibility index (Phi) is 8.79. The van der Waals surface area contributed by atoms with Crippen molar-refractivity contribution in [2.75, 3.05) is 0 Å². The SMILES string of the molecule is CCCCCCC(C(C)OC(=O)C1CCCCC1)n1cnc2c(=O)[nH]c(C3CCCCC3)nc21. The van der Waals surface area contributed by atoms with Gasteiger partial charge >= 0.3 is 5.97 Å². The largest absolute Gasteiger partial charge is 0.460 e. The quantitative estimate of drug-likeness (QED) is 0.330. The lowest BCUT2D eigenvalue weighted by atomic mass is 9.89. The van der Waals surface area contributed by atoms with Crippen LogP contribution in [0.5, 0.6) is 0 Å². The Balaban J connectivity index is 1.60. The Bertz CT molecular complexity index is 985. The number of nitrogens with one attached hydrogen (secondary N) is 1. The fourth-order valence-electron chi connectivity index (χ4n) is 5.83. The number of fused-ring (bicyclic) bond motifs is 1. The summed E-state index contributed by atoms with van der Waals surface area (Å²) in [6.07, 6.45) is 17.9. The maximum Gasteiger partial charge on any atom is 0.309 e. The number of esters is 1. The van der Waals surface area contributed by atoms with Crippen molar-refractivity contribution < 1.29 is 9.53 Å². The molecular weight excluding hydrogens is 428 g/mol. The summed E-state index contributed by atoms with van der Waals surface area (Å²) in [5.41, 5.74) is 0.843. The molecule has 2 aliphatic rings. The van der Waals surface area contributed by atoms with Gasteiger partial charge in [0.05, 0.1) is 18.3 Å². The van der Waals surface area contributed by atoms with Crippen LogP contribution in [-0.2, 0) is 9.53 Å². The molecule has 1 N–H and O–H groups in total. The molecular formula is C27H42N4O3. The van der Waals surface area contributed by atoms with Crippen LogP contribution in [0, 0.1) is 5.92 Å². The second kappa shape index (κ2) is 12.0. The second-order valence-electron chi connectivity index (χ2n) is 10.5. The van der Waals surface area contributed by atoms with E-state index >= 15 is 0 Å². The summed E-state index contributed by atoms with van der Waals surface area (Å²) in [4.78, 5) is 38.2. The number of unbranched alkanes of at least 4 members (excludes halogenated alkanes) is 3. The van der Waals surface area contributed by atoms with Crippen LogP contribution in [0.4, 0.5) is 0 Å². The van der Waals surface area contributed by atoms with E-state index in [0.717, 1.165) is 63.6 Å². The van der Waals surface area contributed by atoms with Gasteiger partial charge in [-0.25, -0.2) is 9.97 Å². The van der Waals surface area contributed by atoms with E-state index in [1.165, 1.54) is 38.5 Å². The number of carbonyl (C=O) groups excluding carboxylic acids is 1. The summed E-state index contributed by atoms with van der Waals surface area (Å²) in [5.74, 6) is 1.05. The molecule has 4 rings (SSSR count). The number of carbonyl (C=O) groups is 1. The first-order valence-corrected chi connectivity index (χ1v) is 13.8. The van der Waals surface area contributed by atoms with E-state index in [0.29, 0.717) is 17.1 Å². The molecule has 2 aliphatic carbocycles. The smallest absolute Gasteiger partial charge is 0.309 e. The Labute approximate surface area is 203 Å². The molecule has 34 heavy (non-hydrogen) atoms. The Hall–Kier alpha value is -2.18. The maximum atomic E-state index is 12.9. The first-order chi connectivity index (χ1) is 16.6. The molecule has 2 atom stereocenters. The van der Waals surface area contributed by atoms with E-state index in [-0.39, 0.29) is 29.6 Å². The van der Waals surface area contributed by atoms with Gasteiger partial charge in [-0.1, -0.05) is 71.1 Å². The van der Waals surface area contributed by atoms with Crippen LogP contribution in [0.1, 0.15) is 128 Å². The van der Waals surface area contributed by atoms with Crippen molar-refractivity contribution in [3.05, 3.63) is 22.5 Å². The summed E-state index contributed by atoms with van der Waals surface area (Å²) in [6, 6.07) is -0.0806. The number of hydrogen-bond acceptors (Lipinski definition) is 5. The van der Waals surface area contributed by atoms with Gasteiger partial charge in [0, 0.05) is 5.92 Å². The third kappa shape index (κ3) is 5.89. The zero-order valence-electron chi connectivity index (χ0n) is 21.1. The highest BCUT2D eigenvalue weighted by Crippen LogP contribution is 2.32. The molecule has 0 aliphatic heterocycles. The summed E-state index contributed by atoms with van der Waals surface area (Å²) in [6.45, 7) is 4.20. The van der Waals surface area contributed by atoms with E-state index in [1.807, 2.05) is 11.5 Å². The molecule has 2 fully saturated rings. The molecule has 0 radical (unpaired) electrons. The van der Waals surface area contributed by atoms with Gasteiger partial charge in [-0.2, -0.15) is 0 Å². The van der Waals surface area contributed by atoms with E-state index in [4.69, 9.17) is 9.72 Å². The topological polar surface area (TPSA) is 89.9 Å². The van der Waals surface area contributed by atoms with Crippen LogP contribution in [0.25, 0.3) is 11.2 Å². The van der Waals surface area contributed by atoms with Crippen molar-refractivity contribution in [2.24, 2.45) is 5.92 Å². The highest BCUT2D eigenvalue weighted by atomic mass is 16.5. The monoisotopic (exact) mass is 470 g/mol. The second-order valence-corrected chi connectivity index (χ2v) is 10.5. The van der Waals surface area contributed by atoms with Gasteiger partial charge in [-0.15, -0.1) is 0 Å². The molecule has 2 saturated carbocycles. The zero-order chi connectivity index (χ0) is 23.9. The molecule has 2 unspecified atom stereocenters. The standard InChI is InChI=1S/C27H42N4O3/c1-3-4-5-12-17-22(19(2)34-27(33)21-15-10-7-11-16-21)31-18-28-23-25(31)29-24(30-26(23)32)20-13-8-6-9-14-20/h18-22H,3-17H2,1-2H3,(H,29,30,32). The average Bonchev–Trinajstić information content (AvgIpc) is 3.29. The van der Waals surface area contributed by atoms with Gasteiger partial charge in [0.2, 0.25) is 0 Å². The Morgan fingerprint density at radius 1 is 1.09 bits per heavy atom. The first-order valence-electron chi connectivity index (χ1n) is 13.8. The molecule has 0 spiro atoms. The lowest BCUT2D eigenvalue weighted by Gasteiger charge is -2.28. The summed E-state index contributed by atoms with van der Waals surface area (Å²) in [5, 5.41) is 0. The van der Waals surface area contributed by atoms with Crippen molar-refractivity contribution >= 4 is 17.1 Å². The minimum atomic E-state index is -0.298. The lowest BCUT2D eigenvalue weighted by molar-refractivity contribution is -0.156. The summed E-state index contributed by atoms with van der Waals surface area (Å²) < 4.78 is 8.07. The minimum Gasteiger partial charge on any atom is -0.460 e. The Morgan fingerprint density at radius 2 is 1.79 bits per heavy atom. The summed E-state index contributed by atoms with van der Waals surface area (Å²) in [7, 11) is 0. The van der Waals surface area contributed by atoms with Gasteiger partial charge in [0.25, 0.3) is 5.56 Å². The van der Waals surface area contributed by atoms with Crippen molar-refractivity contribution in [3.8, 4) is 0 Å². The average molecular weight is 471 g/mol. The van der Waals surface area contributed by atoms with Gasteiger partial charge < -0.3 is 14.3 Å². The van der Waals surface area contributed by atoms with E-state index < -0.39 is 0 Å². The van der Waals surface area contributed by atoms with Gasteiger partial charge in [0.15, 0.2) is 11.2 Å². The Morgan fingerprint density at radius 3 is 2.50 bits per heavy atom. The van der Waals surface area contributed by atoms with Crippen LogP contribution in [0.15, 0.2) is 11.1 Å². The minimum absolute atomic E-state index is 0.0235. The number of aromatic amines is 1. The molecule has 0 saturated heterocycles. The number of nitrogens with zero attached hydrogens (tertiary/aromatic N) is 3. The lowest BCUT2D eigenvalue weighted by Crippen LogP contribution is -2.31. The predicted octanol–water partition coefficient (Wildman–Crippen LogP) is 6.19. The molecule has 7 nitrogen and oxygen atoms in total. The molecule has 0 aromatic carbocycles. The highest BCUT2D eigenvalue weighted by molar-refractivity contribution is 5.73. The van der Waals surface area contributed by atoms with Crippen LogP contribution >= 0.6 is 0 Å². The third-order valence-corrected chi connectivity index (χ3v) is 7.94. The first kappa shape index (κ1) is 24.9. The number of imidazole rings is 1. The molecule has 2 heterocycles.